The van der Waals surface area contributed by atoms with Gasteiger partial charge in [-0.05, 0) is 12.1 Å². The number of nitrogens with zero attached hydrogens (tertiary/aromatic N) is 3. The number of rotatable bonds is 3. The molecule has 0 radical (unpaired) electrons. The fraction of sp³-hybridized carbons (Fsp3) is 0.0625. The molecular formula is C16H13N3O. The van der Waals surface area contributed by atoms with Gasteiger partial charge in [0.2, 0.25) is 0 Å². The third-order valence-corrected chi connectivity index (χ3v) is 3.01. The minimum atomic E-state index is -0.0792. The van der Waals surface area contributed by atoms with Crippen LogP contribution in [0.5, 0.6) is 0 Å². The Hall–Kier alpha value is -2.75. The molecule has 4 nitrogen and oxygen atoms in total. The van der Waals surface area contributed by atoms with Gasteiger partial charge in [0.25, 0.3) is 5.56 Å². The predicted molar refractivity (Wildman–Crippen MR) is 77.3 cm³/mol. The number of aromatic nitrogens is 3. The highest BCUT2D eigenvalue weighted by Gasteiger charge is 2.08. The van der Waals surface area contributed by atoms with Crippen molar-refractivity contribution >= 4 is 0 Å². The van der Waals surface area contributed by atoms with Gasteiger partial charge in [-0.1, -0.05) is 36.4 Å². The maximum Gasteiger partial charge on any atom is 0.254 e. The van der Waals surface area contributed by atoms with E-state index in [4.69, 9.17) is 0 Å². The van der Waals surface area contributed by atoms with Crippen LogP contribution >= 0.6 is 0 Å². The summed E-state index contributed by atoms with van der Waals surface area (Å²) in [6, 6.07) is 16.8. The monoisotopic (exact) mass is 263 g/mol. The van der Waals surface area contributed by atoms with E-state index in [1.165, 1.54) is 6.07 Å². The molecule has 0 atom stereocenters. The summed E-state index contributed by atoms with van der Waals surface area (Å²) in [5.74, 6) is 0.656. The van der Waals surface area contributed by atoms with E-state index in [1.54, 1.807) is 17.0 Å². The van der Waals surface area contributed by atoms with Crippen LogP contribution in [-0.2, 0) is 6.54 Å². The lowest BCUT2D eigenvalue weighted by Gasteiger charge is -2.11. The Balaban J connectivity index is 2.09. The summed E-state index contributed by atoms with van der Waals surface area (Å²) in [7, 11) is 0. The fourth-order valence-corrected chi connectivity index (χ4v) is 2.06. The standard InChI is InChI=1S/C16H13N3O/c20-15-9-11-18-16(13-6-2-1-3-7-13)19(15)12-14-8-4-5-10-17-14/h1-11H,12H2. The molecular weight excluding hydrogens is 250 g/mol. The molecule has 20 heavy (non-hydrogen) atoms. The zero-order chi connectivity index (χ0) is 13.8. The van der Waals surface area contributed by atoms with Gasteiger partial charge >= 0.3 is 0 Å². The van der Waals surface area contributed by atoms with E-state index >= 15 is 0 Å². The molecule has 0 saturated heterocycles. The Morgan fingerprint density at radius 1 is 0.850 bits per heavy atom. The van der Waals surface area contributed by atoms with Crippen LogP contribution in [0.4, 0.5) is 0 Å². The average molecular weight is 263 g/mol. The second-order valence-corrected chi connectivity index (χ2v) is 4.38. The van der Waals surface area contributed by atoms with Crippen molar-refractivity contribution in [3.05, 3.63) is 83.0 Å². The summed E-state index contributed by atoms with van der Waals surface area (Å²) < 4.78 is 1.64. The lowest BCUT2D eigenvalue weighted by Crippen LogP contribution is -2.22. The molecule has 0 spiro atoms. The normalized spacial score (nSPS) is 10.4. The van der Waals surface area contributed by atoms with Crippen LogP contribution in [0.15, 0.2) is 71.8 Å². The molecule has 1 aromatic carbocycles. The summed E-state index contributed by atoms with van der Waals surface area (Å²) >= 11 is 0. The molecule has 0 amide bonds. The Labute approximate surface area is 116 Å². The van der Waals surface area contributed by atoms with E-state index in [0.717, 1.165) is 11.3 Å². The molecule has 2 aromatic heterocycles. The maximum absolute atomic E-state index is 12.1. The highest BCUT2D eigenvalue weighted by Crippen LogP contribution is 2.15. The Kier molecular flexibility index (Phi) is 3.37. The van der Waals surface area contributed by atoms with E-state index in [9.17, 15) is 4.79 Å². The molecule has 0 fully saturated rings. The third-order valence-electron chi connectivity index (χ3n) is 3.01. The molecule has 4 heteroatoms. The minimum absolute atomic E-state index is 0.0792. The van der Waals surface area contributed by atoms with Gasteiger partial charge in [0.1, 0.15) is 5.82 Å². The second-order valence-electron chi connectivity index (χ2n) is 4.38. The van der Waals surface area contributed by atoms with Gasteiger partial charge in [0.05, 0.1) is 12.2 Å². The quantitative estimate of drug-likeness (QED) is 0.728. The first-order chi connectivity index (χ1) is 9.84. The molecule has 0 aliphatic carbocycles. The molecule has 0 N–H and O–H groups in total. The number of hydrogen-bond acceptors (Lipinski definition) is 3. The molecule has 3 rings (SSSR count). The topological polar surface area (TPSA) is 47.8 Å². The predicted octanol–water partition coefficient (Wildman–Crippen LogP) is 2.35. The smallest absolute Gasteiger partial charge is 0.254 e. The highest BCUT2D eigenvalue weighted by molar-refractivity contribution is 5.54. The van der Waals surface area contributed by atoms with Crippen molar-refractivity contribution in [2.45, 2.75) is 6.54 Å². The Morgan fingerprint density at radius 3 is 2.40 bits per heavy atom. The molecule has 0 aliphatic heterocycles. The van der Waals surface area contributed by atoms with Crippen molar-refractivity contribution < 1.29 is 0 Å². The van der Waals surface area contributed by atoms with Crippen molar-refractivity contribution in [2.75, 3.05) is 0 Å². The third kappa shape index (κ3) is 2.49. The van der Waals surface area contributed by atoms with Crippen molar-refractivity contribution in [3.63, 3.8) is 0 Å². The molecule has 2 heterocycles. The second kappa shape index (κ2) is 5.48. The van der Waals surface area contributed by atoms with Crippen molar-refractivity contribution in [3.8, 4) is 11.4 Å². The summed E-state index contributed by atoms with van der Waals surface area (Å²) in [4.78, 5) is 20.7. The molecule has 0 unspecified atom stereocenters. The van der Waals surface area contributed by atoms with Gasteiger partial charge in [-0.3, -0.25) is 14.3 Å². The number of hydrogen-bond donors (Lipinski definition) is 0. The van der Waals surface area contributed by atoms with Crippen LogP contribution in [0.1, 0.15) is 5.69 Å². The van der Waals surface area contributed by atoms with Crippen LogP contribution < -0.4 is 5.56 Å². The first-order valence-corrected chi connectivity index (χ1v) is 6.36. The van der Waals surface area contributed by atoms with E-state index in [-0.39, 0.29) is 5.56 Å². The van der Waals surface area contributed by atoms with Gasteiger partial charge in [0, 0.05) is 24.0 Å². The maximum atomic E-state index is 12.1. The van der Waals surface area contributed by atoms with Crippen molar-refractivity contribution in [1.29, 1.82) is 0 Å². The van der Waals surface area contributed by atoms with E-state index < -0.39 is 0 Å². The van der Waals surface area contributed by atoms with Gasteiger partial charge in [0.15, 0.2) is 0 Å². The first-order valence-electron chi connectivity index (χ1n) is 6.36. The van der Waals surface area contributed by atoms with Gasteiger partial charge in [-0.2, -0.15) is 0 Å². The lowest BCUT2D eigenvalue weighted by molar-refractivity contribution is 0.729. The lowest BCUT2D eigenvalue weighted by atomic mass is 10.2. The number of benzene rings is 1. The van der Waals surface area contributed by atoms with E-state index in [1.807, 2.05) is 48.5 Å². The summed E-state index contributed by atoms with van der Waals surface area (Å²) in [5.41, 5.74) is 1.67. The first kappa shape index (κ1) is 12.3. The van der Waals surface area contributed by atoms with E-state index in [0.29, 0.717) is 12.4 Å². The molecule has 0 saturated carbocycles. The van der Waals surface area contributed by atoms with Crippen LogP contribution in [0, 0.1) is 0 Å². The minimum Gasteiger partial charge on any atom is -0.287 e. The zero-order valence-electron chi connectivity index (χ0n) is 10.8. The average Bonchev–Trinajstić information content (AvgIpc) is 2.51. The summed E-state index contributed by atoms with van der Waals surface area (Å²) in [6.45, 7) is 0.414. The summed E-state index contributed by atoms with van der Waals surface area (Å²) in [6.07, 6.45) is 3.26. The Bertz CT molecular complexity index is 751. The zero-order valence-corrected chi connectivity index (χ0v) is 10.8. The van der Waals surface area contributed by atoms with E-state index in [2.05, 4.69) is 9.97 Å². The van der Waals surface area contributed by atoms with Gasteiger partial charge in [-0.15, -0.1) is 0 Å². The van der Waals surface area contributed by atoms with Gasteiger partial charge < -0.3 is 0 Å². The highest BCUT2D eigenvalue weighted by atomic mass is 16.1. The van der Waals surface area contributed by atoms with Gasteiger partial charge in [-0.25, -0.2) is 4.98 Å². The molecule has 0 aliphatic rings. The summed E-state index contributed by atoms with van der Waals surface area (Å²) in [5, 5.41) is 0. The van der Waals surface area contributed by atoms with Crippen LogP contribution in [0.25, 0.3) is 11.4 Å². The fourth-order valence-electron chi connectivity index (χ4n) is 2.06. The SMILES string of the molecule is O=c1ccnc(-c2ccccc2)n1Cc1ccccn1. The molecule has 3 aromatic rings. The van der Waals surface area contributed by atoms with Crippen molar-refractivity contribution in [1.82, 2.24) is 14.5 Å². The number of pyridine rings is 1. The molecule has 98 valence electrons. The van der Waals surface area contributed by atoms with Crippen LogP contribution in [0.2, 0.25) is 0 Å². The molecule has 0 bridgehead atoms. The van der Waals surface area contributed by atoms with Crippen LogP contribution in [-0.4, -0.2) is 14.5 Å². The van der Waals surface area contributed by atoms with Crippen LogP contribution in [0.3, 0.4) is 0 Å². The largest absolute Gasteiger partial charge is 0.287 e. The Morgan fingerprint density at radius 2 is 1.65 bits per heavy atom. The van der Waals surface area contributed by atoms with Crippen molar-refractivity contribution in [2.24, 2.45) is 0 Å².